The van der Waals surface area contributed by atoms with Gasteiger partial charge in [-0.3, -0.25) is 0 Å². The van der Waals surface area contributed by atoms with Crippen LogP contribution >= 0.6 is 0 Å². The van der Waals surface area contributed by atoms with E-state index in [0.717, 1.165) is 37.3 Å². The van der Waals surface area contributed by atoms with E-state index in [1.165, 1.54) is 12.0 Å². The monoisotopic (exact) mass is 260 g/mol. The minimum absolute atomic E-state index is 0.121. The maximum Gasteiger partial charge on any atom is 0.157 e. The Morgan fingerprint density at radius 1 is 1.42 bits per heavy atom. The predicted molar refractivity (Wildman–Crippen MR) is 74.2 cm³/mol. The molecule has 2 heterocycles. The Morgan fingerprint density at radius 3 is 3.16 bits per heavy atom. The van der Waals surface area contributed by atoms with Crippen LogP contribution in [0.4, 0.5) is 5.82 Å². The molecule has 0 bridgehead atoms. The van der Waals surface area contributed by atoms with Gasteiger partial charge >= 0.3 is 0 Å². The largest absolute Gasteiger partial charge is 0.393 e. The van der Waals surface area contributed by atoms with Gasteiger partial charge in [0.25, 0.3) is 0 Å². The van der Waals surface area contributed by atoms with Gasteiger partial charge in [0.15, 0.2) is 5.65 Å². The Morgan fingerprint density at radius 2 is 2.32 bits per heavy atom. The number of hydrogen-bond acceptors (Lipinski definition) is 4. The fourth-order valence-corrected chi connectivity index (χ4v) is 2.88. The molecule has 2 N–H and O–H groups in total. The molecule has 0 radical (unpaired) electrons. The first-order valence-electron chi connectivity index (χ1n) is 6.94. The third-order valence-electron chi connectivity index (χ3n) is 3.85. The van der Waals surface area contributed by atoms with Crippen molar-refractivity contribution >= 4 is 11.5 Å². The second-order valence-corrected chi connectivity index (χ2v) is 5.52. The highest BCUT2D eigenvalue weighted by Gasteiger charge is 2.20. The van der Waals surface area contributed by atoms with Crippen molar-refractivity contribution in [3.8, 4) is 0 Å². The van der Waals surface area contributed by atoms with Crippen LogP contribution in [0.15, 0.2) is 18.5 Å². The second kappa shape index (κ2) is 5.17. The molecule has 1 fully saturated rings. The van der Waals surface area contributed by atoms with Gasteiger partial charge in [0.2, 0.25) is 0 Å². The highest BCUT2D eigenvalue weighted by molar-refractivity contribution is 5.51. The highest BCUT2D eigenvalue weighted by Crippen LogP contribution is 2.24. The molecule has 102 valence electrons. The molecule has 2 aromatic heterocycles. The minimum Gasteiger partial charge on any atom is -0.393 e. The Kier molecular flexibility index (Phi) is 3.38. The third-order valence-corrected chi connectivity index (χ3v) is 3.85. The molecule has 5 heteroatoms. The van der Waals surface area contributed by atoms with Gasteiger partial charge in [0.1, 0.15) is 12.1 Å². The third kappa shape index (κ3) is 2.71. The summed E-state index contributed by atoms with van der Waals surface area (Å²) >= 11 is 0. The molecule has 0 saturated heterocycles. The zero-order chi connectivity index (χ0) is 13.2. The molecule has 1 aliphatic rings. The molecule has 5 nitrogen and oxygen atoms in total. The average molecular weight is 260 g/mol. The molecule has 2 aromatic rings. The lowest BCUT2D eigenvalue weighted by Crippen LogP contribution is -2.25. The summed E-state index contributed by atoms with van der Waals surface area (Å²) in [7, 11) is 0. The van der Waals surface area contributed by atoms with E-state index in [0.29, 0.717) is 5.92 Å². The Labute approximate surface area is 112 Å². The number of rotatable bonds is 3. The summed E-state index contributed by atoms with van der Waals surface area (Å²) in [4.78, 5) is 4.22. The number of anilines is 1. The number of nitrogens with one attached hydrogen (secondary N) is 1. The molecule has 0 aromatic carbocycles. The normalized spacial score (nSPS) is 23.7. The average Bonchev–Trinajstić information content (AvgIpc) is 2.84. The van der Waals surface area contributed by atoms with Crippen LogP contribution in [0.1, 0.15) is 31.2 Å². The van der Waals surface area contributed by atoms with Crippen molar-refractivity contribution in [2.45, 2.75) is 38.7 Å². The van der Waals surface area contributed by atoms with Gasteiger partial charge < -0.3 is 10.4 Å². The van der Waals surface area contributed by atoms with Crippen LogP contribution in [-0.4, -0.2) is 32.4 Å². The SMILES string of the molecule is Cc1cc(NCC2CCCC(O)C2)n2ncnc2c1. The van der Waals surface area contributed by atoms with Crippen LogP contribution in [0.5, 0.6) is 0 Å². The summed E-state index contributed by atoms with van der Waals surface area (Å²) in [5.41, 5.74) is 2.04. The molecule has 0 amide bonds. The van der Waals surface area contributed by atoms with E-state index < -0.39 is 0 Å². The molecular formula is C14H20N4O. The number of pyridine rings is 1. The van der Waals surface area contributed by atoms with Crippen molar-refractivity contribution in [3.05, 3.63) is 24.0 Å². The Hall–Kier alpha value is -1.62. The first-order valence-corrected chi connectivity index (χ1v) is 6.94. The molecule has 2 unspecified atom stereocenters. The Bertz CT molecular complexity index is 566. The van der Waals surface area contributed by atoms with Crippen LogP contribution in [0.3, 0.4) is 0 Å². The maximum absolute atomic E-state index is 9.70. The van der Waals surface area contributed by atoms with E-state index in [4.69, 9.17) is 0 Å². The maximum atomic E-state index is 9.70. The zero-order valence-corrected chi connectivity index (χ0v) is 11.2. The summed E-state index contributed by atoms with van der Waals surface area (Å²) in [6.07, 6.45) is 5.62. The van der Waals surface area contributed by atoms with Gasteiger partial charge in [0.05, 0.1) is 6.10 Å². The van der Waals surface area contributed by atoms with Gasteiger partial charge in [0, 0.05) is 6.54 Å². The minimum atomic E-state index is -0.121. The van der Waals surface area contributed by atoms with Crippen molar-refractivity contribution in [2.24, 2.45) is 5.92 Å². The molecule has 2 atom stereocenters. The van der Waals surface area contributed by atoms with Crippen LogP contribution in [0.2, 0.25) is 0 Å². The van der Waals surface area contributed by atoms with Gasteiger partial charge in [-0.15, -0.1) is 0 Å². The first kappa shape index (κ1) is 12.4. The number of aliphatic hydroxyl groups is 1. The van der Waals surface area contributed by atoms with E-state index in [2.05, 4.69) is 28.4 Å². The lowest BCUT2D eigenvalue weighted by Gasteiger charge is -2.26. The molecule has 19 heavy (non-hydrogen) atoms. The fraction of sp³-hybridized carbons (Fsp3) is 0.571. The highest BCUT2D eigenvalue weighted by atomic mass is 16.3. The van der Waals surface area contributed by atoms with Gasteiger partial charge in [-0.05, 0) is 49.8 Å². The van der Waals surface area contributed by atoms with Gasteiger partial charge in [-0.1, -0.05) is 6.42 Å². The first-order chi connectivity index (χ1) is 9.22. The standard InChI is InChI=1S/C14H20N4O/c1-10-5-13(18-14(6-10)16-9-17-18)15-8-11-3-2-4-12(19)7-11/h5-6,9,11-12,15,19H,2-4,7-8H2,1H3. The van der Waals surface area contributed by atoms with Crippen LogP contribution in [-0.2, 0) is 0 Å². The smallest absolute Gasteiger partial charge is 0.157 e. The number of hydrogen-bond donors (Lipinski definition) is 2. The Balaban J connectivity index is 1.72. The van der Waals surface area contributed by atoms with Crippen molar-refractivity contribution in [1.29, 1.82) is 0 Å². The number of aryl methyl sites for hydroxylation is 1. The number of nitrogens with zero attached hydrogens (tertiary/aromatic N) is 3. The van der Waals surface area contributed by atoms with E-state index in [1.807, 2.05) is 10.6 Å². The summed E-state index contributed by atoms with van der Waals surface area (Å²) in [6.45, 7) is 2.94. The van der Waals surface area contributed by atoms with Gasteiger partial charge in [-0.2, -0.15) is 9.61 Å². The molecule has 1 saturated carbocycles. The fourth-order valence-electron chi connectivity index (χ4n) is 2.88. The topological polar surface area (TPSA) is 62.5 Å². The molecule has 0 aliphatic heterocycles. The lowest BCUT2D eigenvalue weighted by atomic mass is 9.87. The molecule has 1 aliphatic carbocycles. The molecule has 3 rings (SSSR count). The van der Waals surface area contributed by atoms with E-state index in [9.17, 15) is 5.11 Å². The van der Waals surface area contributed by atoms with Crippen LogP contribution in [0, 0.1) is 12.8 Å². The van der Waals surface area contributed by atoms with Crippen molar-refractivity contribution in [3.63, 3.8) is 0 Å². The second-order valence-electron chi connectivity index (χ2n) is 5.52. The van der Waals surface area contributed by atoms with E-state index >= 15 is 0 Å². The summed E-state index contributed by atoms with van der Waals surface area (Å²) < 4.78 is 1.83. The molecule has 0 spiro atoms. The summed E-state index contributed by atoms with van der Waals surface area (Å²) in [5.74, 6) is 1.52. The number of fused-ring (bicyclic) bond motifs is 1. The van der Waals surface area contributed by atoms with Gasteiger partial charge in [-0.25, -0.2) is 4.98 Å². The van der Waals surface area contributed by atoms with Crippen molar-refractivity contribution in [2.75, 3.05) is 11.9 Å². The lowest BCUT2D eigenvalue weighted by molar-refractivity contribution is 0.104. The summed E-state index contributed by atoms with van der Waals surface area (Å²) in [6, 6.07) is 4.10. The number of aliphatic hydroxyl groups excluding tert-OH is 1. The van der Waals surface area contributed by atoms with Crippen LogP contribution in [0.25, 0.3) is 5.65 Å². The molecular weight excluding hydrogens is 240 g/mol. The van der Waals surface area contributed by atoms with Crippen LogP contribution < -0.4 is 5.32 Å². The van der Waals surface area contributed by atoms with Crippen molar-refractivity contribution < 1.29 is 5.11 Å². The zero-order valence-electron chi connectivity index (χ0n) is 11.2. The summed E-state index contributed by atoms with van der Waals surface area (Å²) in [5, 5.41) is 17.4. The number of aromatic nitrogens is 3. The predicted octanol–water partition coefficient (Wildman–Crippen LogP) is 2.00. The van der Waals surface area contributed by atoms with Crippen molar-refractivity contribution in [1.82, 2.24) is 14.6 Å². The van der Waals surface area contributed by atoms with E-state index in [-0.39, 0.29) is 6.10 Å². The van der Waals surface area contributed by atoms with E-state index in [1.54, 1.807) is 6.33 Å². The quantitative estimate of drug-likeness (QED) is 0.886.